The summed E-state index contributed by atoms with van der Waals surface area (Å²) in [6, 6.07) is 1.16. The van der Waals surface area contributed by atoms with Gasteiger partial charge in [0.2, 0.25) is 0 Å². The molecule has 0 amide bonds. The minimum absolute atomic E-state index is 1.08. The van der Waals surface area contributed by atoms with Gasteiger partial charge in [-0.3, -0.25) is 4.18 Å². The van der Waals surface area contributed by atoms with Crippen molar-refractivity contribution in [2.45, 2.75) is 6.18 Å². The summed E-state index contributed by atoms with van der Waals surface area (Å²) in [4.78, 5) is 0. The average Bonchev–Trinajstić information content (AvgIpc) is 1.83. The van der Waals surface area contributed by atoms with E-state index in [1.165, 1.54) is 0 Å². The van der Waals surface area contributed by atoms with E-state index < -0.39 is 28.7 Å². The number of rotatable bonds is 3. The van der Waals surface area contributed by atoms with E-state index in [1.807, 2.05) is 0 Å². The number of alkyl halides is 3. The maximum atomic E-state index is 11.4. The summed E-state index contributed by atoms with van der Waals surface area (Å²) in [7, 11) is -4.35. The van der Waals surface area contributed by atoms with Crippen molar-refractivity contribution in [2.24, 2.45) is 0 Å². The molecule has 4 nitrogen and oxygen atoms in total. The number of hydrogen-bond acceptors (Lipinski definition) is 4. The molecule has 70 valence electrons. The molecule has 0 bridgehead atoms. The van der Waals surface area contributed by atoms with E-state index in [-0.39, 0.29) is 0 Å². The van der Waals surface area contributed by atoms with Crippen LogP contribution in [-0.4, -0.2) is 27.0 Å². The van der Waals surface area contributed by atoms with Crippen LogP contribution in [0.1, 0.15) is 0 Å². The molecule has 0 radical (unpaired) electrons. The smallest absolute Gasteiger partial charge is 0.260 e. The second-order valence-electron chi connectivity index (χ2n) is 1.74. The topological polar surface area (TPSA) is 67.2 Å². The summed E-state index contributed by atoms with van der Waals surface area (Å²) < 4.78 is 58.2. The Bertz CT molecular complexity index is 275. The van der Waals surface area contributed by atoms with Gasteiger partial charge in [0.05, 0.1) is 6.07 Å². The van der Waals surface area contributed by atoms with E-state index in [0.717, 1.165) is 6.07 Å². The lowest BCUT2D eigenvalue weighted by molar-refractivity contribution is -0.152. The van der Waals surface area contributed by atoms with Crippen molar-refractivity contribution in [3.05, 3.63) is 0 Å². The van der Waals surface area contributed by atoms with Gasteiger partial charge in [-0.2, -0.15) is 26.9 Å². The molecular formula is C4H4F3NO3S. The first-order valence-electron chi connectivity index (χ1n) is 2.58. The molecule has 0 heterocycles. The third-order valence-electron chi connectivity index (χ3n) is 0.643. The molecule has 0 atom stereocenters. The van der Waals surface area contributed by atoms with Crippen LogP contribution in [0.4, 0.5) is 13.2 Å². The first-order chi connectivity index (χ1) is 5.27. The van der Waals surface area contributed by atoms with Gasteiger partial charge in [0, 0.05) is 0 Å². The van der Waals surface area contributed by atoms with Crippen LogP contribution < -0.4 is 0 Å². The average molecular weight is 203 g/mol. The fraction of sp³-hybridized carbons (Fsp3) is 0.750. The molecule has 0 aromatic rings. The van der Waals surface area contributed by atoms with Gasteiger partial charge < -0.3 is 0 Å². The van der Waals surface area contributed by atoms with Gasteiger partial charge in [-0.15, -0.1) is 0 Å². The van der Waals surface area contributed by atoms with Crippen molar-refractivity contribution in [3.63, 3.8) is 0 Å². The van der Waals surface area contributed by atoms with Gasteiger partial charge in [0.15, 0.2) is 12.4 Å². The summed E-state index contributed by atoms with van der Waals surface area (Å²) in [5, 5.41) is 7.84. The fourth-order valence-electron chi connectivity index (χ4n) is 0.277. The molecular weight excluding hydrogens is 199 g/mol. The molecule has 0 aromatic heterocycles. The fourth-order valence-corrected chi connectivity index (χ4v) is 0.832. The van der Waals surface area contributed by atoms with E-state index >= 15 is 0 Å². The first-order valence-corrected chi connectivity index (χ1v) is 4.15. The van der Waals surface area contributed by atoms with Gasteiger partial charge in [-0.1, -0.05) is 0 Å². The van der Waals surface area contributed by atoms with Crippen molar-refractivity contribution in [1.29, 1.82) is 5.26 Å². The quantitative estimate of drug-likeness (QED) is 0.623. The number of halogens is 3. The van der Waals surface area contributed by atoms with Crippen LogP contribution in [0.2, 0.25) is 0 Å². The predicted octanol–water partition coefficient (Wildman–Crippen LogP) is 0.419. The van der Waals surface area contributed by atoms with Crippen molar-refractivity contribution in [3.8, 4) is 6.07 Å². The van der Waals surface area contributed by atoms with Crippen LogP contribution in [0.3, 0.4) is 0 Å². The Kier molecular flexibility index (Phi) is 3.48. The molecule has 0 spiro atoms. The standard InChI is InChI=1S/C4H4F3NO3S/c5-4(6,7)3-11-12(9,10)2-1-8/h2-3H2. The van der Waals surface area contributed by atoms with Crippen molar-refractivity contribution < 1.29 is 25.8 Å². The summed E-state index contributed by atoms with van der Waals surface area (Å²) in [5.41, 5.74) is 0. The highest BCUT2D eigenvalue weighted by Gasteiger charge is 2.30. The molecule has 0 fully saturated rings. The second-order valence-corrected chi connectivity index (χ2v) is 3.38. The molecule has 0 unspecified atom stereocenters. The Morgan fingerprint density at radius 3 is 2.25 bits per heavy atom. The summed E-state index contributed by atoms with van der Waals surface area (Å²) in [6.07, 6.45) is -4.71. The normalized spacial score (nSPS) is 12.5. The molecule has 0 aliphatic heterocycles. The summed E-state index contributed by atoms with van der Waals surface area (Å²) >= 11 is 0. The Balaban J connectivity index is 4.05. The van der Waals surface area contributed by atoms with Crippen molar-refractivity contribution in [1.82, 2.24) is 0 Å². The summed E-state index contributed by atoms with van der Waals surface area (Å²) in [5.74, 6) is -1.08. The Morgan fingerprint density at radius 1 is 1.42 bits per heavy atom. The van der Waals surface area contributed by atoms with Crippen LogP contribution in [0.25, 0.3) is 0 Å². The Hall–Kier alpha value is -0.810. The lowest BCUT2D eigenvalue weighted by Crippen LogP contribution is -2.21. The highest BCUT2D eigenvalue weighted by molar-refractivity contribution is 7.86. The predicted molar refractivity (Wildman–Crippen MR) is 31.4 cm³/mol. The molecule has 0 aromatic carbocycles. The first kappa shape index (κ1) is 11.2. The number of nitriles is 1. The third-order valence-corrected chi connectivity index (χ3v) is 1.60. The minimum atomic E-state index is -4.71. The van der Waals surface area contributed by atoms with Crippen molar-refractivity contribution >= 4 is 10.1 Å². The molecule has 0 saturated carbocycles. The van der Waals surface area contributed by atoms with Crippen LogP contribution in [-0.2, 0) is 14.3 Å². The van der Waals surface area contributed by atoms with Crippen LogP contribution in [0.15, 0.2) is 0 Å². The lowest BCUT2D eigenvalue weighted by Gasteiger charge is -2.05. The van der Waals surface area contributed by atoms with Crippen molar-refractivity contribution in [2.75, 3.05) is 12.4 Å². The van der Waals surface area contributed by atoms with E-state index in [0.29, 0.717) is 0 Å². The molecule has 12 heavy (non-hydrogen) atoms. The Morgan fingerprint density at radius 2 is 1.92 bits per heavy atom. The molecule has 0 rings (SSSR count). The number of nitrogens with zero attached hydrogens (tertiary/aromatic N) is 1. The monoisotopic (exact) mass is 203 g/mol. The van der Waals surface area contributed by atoms with Gasteiger partial charge in [0.25, 0.3) is 10.1 Å². The molecule has 0 N–H and O–H groups in total. The van der Waals surface area contributed by atoms with E-state index in [4.69, 9.17) is 5.26 Å². The van der Waals surface area contributed by atoms with Crippen LogP contribution in [0.5, 0.6) is 0 Å². The van der Waals surface area contributed by atoms with Gasteiger partial charge in [0.1, 0.15) is 0 Å². The zero-order valence-electron chi connectivity index (χ0n) is 5.63. The third kappa shape index (κ3) is 5.94. The van der Waals surface area contributed by atoms with Crippen LogP contribution in [0, 0.1) is 11.3 Å². The highest BCUT2D eigenvalue weighted by Crippen LogP contribution is 2.15. The molecule has 0 aliphatic carbocycles. The van der Waals surface area contributed by atoms with Crippen LogP contribution >= 0.6 is 0 Å². The SMILES string of the molecule is N#CCS(=O)(=O)OCC(F)(F)F. The second kappa shape index (κ2) is 3.73. The van der Waals surface area contributed by atoms with E-state index in [1.54, 1.807) is 0 Å². The molecule has 0 saturated heterocycles. The molecule has 8 heteroatoms. The van der Waals surface area contributed by atoms with E-state index in [2.05, 4.69) is 4.18 Å². The van der Waals surface area contributed by atoms with E-state index in [9.17, 15) is 21.6 Å². The van der Waals surface area contributed by atoms with Gasteiger partial charge in [-0.05, 0) is 0 Å². The maximum Gasteiger partial charge on any atom is 0.413 e. The Labute approximate surface area is 66.7 Å². The lowest BCUT2D eigenvalue weighted by atomic mass is 10.7. The largest absolute Gasteiger partial charge is 0.413 e. The zero-order chi connectivity index (χ0) is 9.83. The minimum Gasteiger partial charge on any atom is -0.260 e. The zero-order valence-corrected chi connectivity index (χ0v) is 6.44. The van der Waals surface area contributed by atoms with Gasteiger partial charge in [-0.25, -0.2) is 0 Å². The number of hydrogen-bond donors (Lipinski definition) is 0. The van der Waals surface area contributed by atoms with Gasteiger partial charge >= 0.3 is 6.18 Å². The molecule has 0 aliphatic rings. The summed E-state index contributed by atoms with van der Waals surface area (Å²) in [6.45, 7) is -1.89. The maximum absolute atomic E-state index is 11.4. The highest BCUT2D eigenvalue weighted by atomic mass is 32.2.